The molecule has 6 heteroatoms. The second kappa shape index (κ2) is 10.2. The molecule has 0 radical (unpaired) electrons. The van der Waals surface area contributed by atoms with Gasteiger partial charge in [-0.2, -0.15) is 0 Å². The first kappa shape index (κ1) is 21.0. The highest BCUT2D eigenvalue weighted by Crippen LogP contribution is 2.20. The van der Waals surface area contributed by atoms with Crippen LogP contribution in [0.2, 0.25) is 0 Å². The van der Waals surface area contributed by atoms with Crippen molar-refractivity contribution < 1.29 is 28.7 Å². The van der Waals surface area contributed by atoms with E-state index in [4.69, 9.17) is 0 Å². The summed E-state index contributed by atoms with van der Waals surface area (Å²) in [6, 6.07) is 16.8. The van der Waals surface area contributed by atoms with Gasteiger partial charge in [0.05, 0.1) is 20.6 Å². The Morgan fingerprint density at radius 1 is 0.786 bits per heavy atom. The van der Waals surface area contributed by atoms with Crippen LogP contribution in [0.1, 0.15) is 29.6 Å². The number of hydrogen-bond donors (Lipinski definition) is 0. The summed E-state index contributed by atoms with van der Waals surface area (Å²) < 4.78 is 9.10. The van der Waals surface area contributed by atoms with E-state index in [1.165, 1.54) is 0 Å². The number of carbonyl (C=O) groups excluding carboxylic acids is 4. The Bertz CT molecular complexity index is 823. The maximum absolute atomic E-state index is 12.3. The van der Waals surface area contributed by atoms with Gasteiger partial charge in [0.1, 0.15) is 5.78 Å². The fraction of sp³-hybridized carbons (Fsp3) is 0.273. The molecule has 0 aliphatic carbocycles. The zero-order valence-corrected chi connectivity index (χ0v) is 15.8. The van der Waals surface area contributed by atoms with Crippen LogP contribution >= 0.6 is 0 Å². The molecule has 2 aromatic carbocycles. The Kier molecular flexibility index (Phi) is 7.63. The highest BCUT2D eigenvalue weighted by molar-refractivity contribution is 6.08. The van der Waals surface area contributed by atoms with E-state index in [2.05, 4.69) is 9.47 Å². The number of Topliss-reactive ketones (excluding diaryl/α,β-unsaturated/α-hetero) is 2. The molecule has 146 valence electrons. The van der Waals surface area contributed by atoms with Gasteiger partial charge in [-0.15, -0.1) is 0 Å². The van der Waals surface area contributed by atoms with Crippen molar-refractivity contribution in [2.75, 3.05) is 14.2 Å². The number of carbonyl (C=O) groups is 4. The molecule has 28 heavy (non-hydrogen) atoms. The largest absolute Gasteiger partial charge is 0.468 e. The van der Waals surface area contributed by atoms with Gasteiger partial charge in [-0.3, -0.25) is 19.2 Å². The van der Waals surface area contributed by atoms with Crippen molar-refractivity contribution in [3.05, 3.63) is 60.2 Å². The molecular weight excluding hydrogens is 360 g/mol. The van der Waals surface area contributed by atoms with E-state index in [-0.39, 0.29) is 30.8 Å². The lowest BCUT2D eigenvalue weighted by molar-refractivity contribution is -0.159. The first-order valence-corrected chi connectivity index (χ1v) is 8.82. The first-order valence-electron chi connectivity index (χ1n) is 8.82. The summed E-state index contributed by atoms with van der Waals surface area (Å²) in [5.74, 6) is -3.35. The average Bonchev–Trinajstić information content (AvgIpc) is 2.74. The summed E-state index contributed by atoms with van der Waals surface area (Å²) in [4.78, 5) is 47.7. The Hall–Kier alpha value is -3.28. The van der Waals surface area contributed by atoms with Gasteiger partial charge in [-0.1, -0.05) is 54.6 Å². The summed E-state index contributed by atoms with van der Waals surface area (Å²) >= 11 is 0. The fourth-order valence-corrected chi connectivity index (χ4v) is 2.77. The molecule has 0 heterocycles. The smallest absolute Gasteiger partial charge is 0.320 e. The van der Waals surface area contributed by atoms with Gasteiger partial charge in [0.2, 0.25) is 0 Å². The standard InChI is InChI=1S/C22H22O6/c1-27-21(25)19(22(26)28-2)13-12-18(23)14-20(24)17-10-8-16(9-11-17)15-6-4-3-5-7-15/h3-11,19H,12-14H2,1-2H3. The maximum atomic E-state index is 12.3. The zero-order valence-electron chi connectivity index (χ0n) is 15.8. The summed E-state index contributed by atoms with van der Waals surface area (Å²) in [7, 11) is 2.31. The van der Waals surface area contributed by atoms with Crippen molar-refractivity contribution in [3.63, 3.8) is 0 Å². The third-order valence-electron chi connectivity index (χ3n) is 4.35. The molecule has 0 aromatic heterocycles. The van der Waals surface area contributed by atoms with Crippen LogP contribution in [-0.2, 0) is 23.9 Å². The Labute approximate surface area is 163 Å². The van der Waals surface area contributed by atoms with Crippen LogP contribution in [0, 0.1) is 5.92 Å². The third kappa shape index (κ3) is 5.61. The molecule has 0 atom stereocenters. The van der Waals surface area contributed by atoms with E-state index in [1.807, 2.05) is 42.5 Å². The van der Waals surface area contributed by atoms with Crippen LogP contribution in [0.25, 0.3) is 11.1 Å². The molecule has 0 saturated carbocycles. The van der Waals surface area contributed by atoms with Crippen LogP contribution in [0.5, 0.6) is 0 Å². The van der Waals surface area contributed by atoms with E-state index in [0.717, 1.165) is 25.3 Å². The molecule has 0 N–H and O–H groups in total. The number of esters is 2. The first-order chi connectivity index (χ1) is 13.5. The second-order valence-corrected chi connectivity index (χ2v) is 6.22. The highest BCUT2D eigenvalue weighted by Gasteiger charge is 2.29. The topological polar surface area (TPSA) is 86.7 Å². The van der Waals surface area contributed by atoms with Gasteiger partial charge in [0.15, 0.2) is 11.7 Å². The monoisotopic (exact) mass is 382 g/mol. The van der Waals surface area contributed by atoms with E-state index in [1.54, 1.807) is 12.1 Å². The Morgan fingerprint density at radius 2 is 1.32 bits per heavy atom. The number of ether oxygens (including phenoxy) is 2. The van der Waals surface area contributed by atoms with Crippen molar-refractivity contribution in [1.29, 1.82) is 0 Å². The minimum Gasteiger partial charge on any atom is -0.468 e. The molecule has 0 saturated heterocycles. The van der Waals surface area contributed by atoms with E-state index < -0.39 is 17.9 Å². The number of ketones is 2. The van der Waals surface area contributed by atoms with E-state index in [9.17, 15) is 19.2 Å². The summed E-state index contributed by atoms with van der Waals surface area (Å²) in [6.45, 7) is 0. The second-order valence-electron chi connectivity index (χ2n) is 6.22. The minimum atomic E-state index is -1.17. The van der Waals surface area contributed by atoms with Crippen LogP contribution in [0.15, 0.2) is 54.6 Å². The molecule has 0 fully saturated rings. The molecule has 0 spiro atoms. The predicted octanol–water partition coefficient (Wildman–Crippen LogP) is 3.24. The van der Waals surface area contributed by atoms with Gasteiger partial charge in [-0.05, 0) is 17.5 Å². The van der Waals surface area contributed by atoms with Crippen molar-refractivity contribution in [3.8, 4) is 11.1 Å². The Morgan fingerprint density at radius 3 is 1.86 bits per heavy atom. The number of rotatable bonds is 9. The van der Waals surface area contributed by atoms with Gasteiger partial charge in [-0.25, -0.2) is 0 Å². The summed E-state index contributed by atoms with van der Waals surface area (Å²) in [5, 5.41) is 0. The lowest BCUT2D eigenvalue weighted by Crippen LogP contribution is -2.27. The molecule has 0 aliphatic heterocycles. The van der Waals surface area contributed by atoms with E-state index >= 15 is 0 Å². The third-order valence-corrected chi connectivity index (χ3v) is 4.35. The minimum absolute atomic E-state index is 0.0571. The molecule has 2 aromatic rings. The van der Waals surface area contributed by atoms with Crippen LogP contribution in [0.4, 0.5) is 0 Å². The molecule has 0 amide bonds. The molecule has 6 nitrogen and oxygen atoms in total. The lowest BCUT2D eigenvalue weighted by atomic mass is 9.97. The van der Waals surface area contributed by atoms with Crippen LogP contribution in [-0.4, -0.2) is 37.7 Å². The van der Waals surface area contributed by atoms with Gasteiger partial charge < -0.3 is 9.47 Å². The normalized spacial score (nSPS) is 10.4. The summed E-state index contributed by atoms with van der Waals surface area (Å²) in [5.41, 5.74) is 2.45. The van der Waals surface area contributed by atoms with Gasteiger partial charge in [0, 0.05) is 12.0 Å². The number of benzene rings is 2. The van der Waals surface area contributed by atoms with Crippen LogP contribution in [0.3, 0.4) is 0 Å². The van der Waals surface area contributed by atoms with Crippen molar-refractivity contribution in [2.24, 2.45) is 5.92 Å². The van der Waals surface area contributed by atoms with Crippen molar-refractivity contribution in [2.45, 2.75) is 19.3 Å². The SMILES string of the molecule is COC(=O)C(CCC(=O)CC(=O)c1ccc(-c2ccccc2)cc1)C(=O)OC. The van der Waals surface area contributed by atoms with Crippen molar-refractivity contribution >= 4 is 23.5 Å². The van der Waals surface area contributed by atoms with Crippen LogP contribution < -0.4 is 0 Å². The van der Waals surface area contributed by atoms with Gasteiger partial charge in [0.25, 0.3) is 0 Å². The lowest BCUT2D eigenvalue weighted by Gasteiger charge is -2.11. The molecule has 2 rings (SSSR count). The predicted molar refractivity (Wildman–Crippen MR) is 103 cm³/mol. The number of methoxy groups -OCH3 is 2. The molecule has 0 unspecified atom stereocenters. The average molecular weight is 382 g/mol. The summed E-state index contributed by atoms with van der Waals surface area (Å²) in [6.07, 6.45) is -0.444. The molecule has 0 aliphatic rings. The highest BCUT2D eigenvalue weighted by atomic mass is 16.5. The van der Waals surface area contributed by atoms with Gasteiger partial charge >= 0.3 is 11.9 Å². The Balaban J connectivity index is 1.94. The zero-order chi connectivity index (χ0) is 20.5. The molecular formula is C22H22O6. The fourth-order valence-electron chi connectivity index (χ4n) is 2.77. The molecule has 0 bridgehead atoms. The maximum Gasteiger partial charge on any atom is 0.320 e. The van der Waals surface area contributed by atoms with Crippen molar-refractivity contribution in [1.82, 2.24) is 0 Å². The quantitative estimate of drug-likeness (QED) is 0.376. The number of hydrogen-bond acceptors (Lipinski definition) is 6. The van der Waals surface area contributed by atoms with E-state index in [0.29, 0.717) is 5.56 Å².